The van der Waals surface area contributed by atoms with Crippen LogP contribution in [0.15, 0.2) is 12.2 Å². The van der Waals surface area contributed by atoms with Gasteiger partial charge in [-0.1, -0.05) is 34.3 Å². The minimum atomic E-state index is -0.898. The van der Waals surface area contributed by atoms with Gasteiger partial charge in [0.25, 0.3) is 0 Å². The maximum atomic E-state index is 12.1. The lowest BCUT2D eigenvalue weighted by atomic mass is 9.74. The molecule has 3 N–H and O–H groups in total. The number of carbonyl (C=O) groups is 1. The number of nitrogens with zero attached hydrogens (tertiary/aromatic N) is 1. The summed E-state index contributed by atoms with van der Waals surface area (Å²) in [5.74, 6) is -1.29. The van der Waals surface area contributed by atoms with Crippen molar-refractivity contribution in [3.8, 4) is 0 Å². The fourth-order valence-electron chi connectivity index (χ4n) is 6.14. The molecule has 2 aliphatic rings. The van der Waals surface area contributed by atoms with E-state index in [1.54, 1.807) is 6.92 Å². The molecule has 12 atom stereocenters. The number of hydrogen-bond acceptors (Lipinski definition) is 7. The summed E-state index contributed by atoms with van der Waals surface area (Å²) in [6, 6.07) is 0.336. The molecule has 0 aromatic rings. The number of carboxylic acid groups (broad SMARTS) is 1. The van der Waals surface area contributed by atoms with Crippen LogP contribution in [0.4, 0.5) is 0 Å². The van der Waals surface area contributed by atoms with E-state index < -0.39 is 36.0 Å². The molecule has 0 aromatic heterocycles. The van der Waals surface area contributed by atoms with Crippen LogP contribution in [0.2, 0.25) is 0 Å². The highest BCUT2D eigenvalue weighted by atomic mass is 16.7. The van der Waals surface area contributed by atoms with Crippen molar-refractivity contribution in [2.75, 3.05) is 27.3 Å². The number of rotatable bonds is 9. The normalized spacial score (nSPS) is 39.2. The molecule has 2 aliphatic heterocycles. The van der Waals surface area contributed by atoms with Crippen molar-refractivity contribution in [3.63, 3.8) is 0 Å². The van der Waals surface area contributed by atoms with Gasteiger partial charge in [0, 0.05) is 23.9 Å². The van der Waals surface area contributed by atoms with Crippen molar-refractivity contribution < 1.29 is 28.8 Å². The molecule has 8 nitrogen and oxygen atoms in total. The Labute approximate surface area is 225 Å². The van der Waals surface area contributed by atoms with Gasteiger partial charge < -0.3 is 34.7 Å². The Kier molecular flexibility index (Phi) is 11.6. The second kappa shape index (κ2) is 13.4. The van der Waals surface area contributed by atoms with Crippen LogP contribution in [0, 0.1) is 29.6 Å². The van der Waals surface area contributed by atoms with Gasteiger partial charge in [0.15, 0.2) is 6.29 Å². The molecule has 2 saturated heterocycles. The van der Waals surface area contributed by atoms with E-state index in [1.165, 1.54) is 0 Å². The van der Waals surface area contributed by atoms with E-state index in [2.05, 4.69) is 60.2 Å². The molecule has 0 amide bonds. The van der Waals surface area contributed by atoms with Gasteiger partial charge in [-0.25, -0.2) is 0 Å². The molecule has 0 spiro atoms. The minimum absolute atomic E-state index is 0.0354. The second-order valence-corrected chi connectivity index (χ2v) is 12.5. The van der Waals surface area contributed by atoms with Crippen LogP contribution in [0.3, 0.4) is 0 Å². The Hall–Kier alpha value is -1.03. The zero-order valence-electron chi connectivity index (χ0n) is 24.9. The van der Waals surface area contributed by atoms with Gasteiger partial charge in [-0.3, -0.25) is 4.79 Å². The Morgan fingerprint density at radius 2 is 1.81 bits per heavy atom. The standard InChI is InChI=1S/C29H54N2O6/c1-16-14-34-25(22(7)27(32)33)21(6)26(29(9,35-15-16)13-17(2)19(4)23(8)30)37-28-20(5)24(31(10)11)12-18(3)36-28/h17-26,28H,1,12-15,30H2,2-11H3,(H,32,33)/t17-,18-,19+,20-,21+,22-,23-,24+,25+,26-,28+,29+/m1/s1. The first-order valence-electron chi connectivity index (χ1n) is 14.0. The summed E-state index contributed by atoms with van der Waals surface area (Å²) in [5.41, 5.74) is 6.31. The van der Waals surface area contributed by atoms with Gasteiger partial charge in [0.05, 0.1) is 43.0 Å². The quantitative estimate of drug-likeness (QED) is 0.432. The highest BCUT2D eigenvalue weighted by Gasteiger charge is 2.49. The smallest absolute Gasteiger partial charge is 0.308 e. The molecule has 0 radical (unpaired) electrons. The van der Waals surface area contributed by atoms with Gasteiger partial charge in [-0.05, 0) is 72.0 Å². The first-order valence-corrected chi connectivity index (χ1v) is 14.0. The number of nitrogens with two attached hydrogens (primary N) is 1. The molecule has 2 fully saturated rings. The van der Waals surface area contributed by atoms with E-state index in [4.69, 9.17) is 24.7 Å². The summed E-state index contributed by atoms with van der Waals surface area (Å²) in [4.78, 5) is 14.3. The summed E-state index contributed by atoms with van der Waals surface area (Å²) in [5, 5.41) is 9.92. The number of aliphatic carboxylic acids is 1. The predicted molar refractivity (Wildman–Crippen MR) is 146 cm³/mol. The van der Waals surface area contributed by atoms with Crippen molar-refractivity contribution in [1.29, 1.82) is 0 Å². The van der Waals surface area contributed by atoms with Gasteiger partial charge >= 0.3 is 5.97 Å². The molecular formula is C29H54N2O6. The van der Waals surface area contributed by atoms with E-state index in [0.717, 1.165) is 12.0 Å². The molecule has 0 unspecified atom stereocenters. The first kappa shape index (κ1) is 32.2. The largest absolute Gasteiger partial charge is 0.481 e. The fraction of sp³-hybridized carbons (Fsp3) is 0.897. The third kappa shape index (κ3) is 7.99. The van der Waals surface area contributed by atoms with Gasteiger partial charge in [-0.2, -0.15) is 0 Å². The van der Waals surface area contributed by atoms with Crippen molar-refractivity contribution in [2.45, 2.75) is 111 Å². The average molecular weight is 527 g/mol. The van der Waals surface area contributed by atoms with E-state index in [-0.39, 0.29) is 42.4 Å². The van der Waals surface area contributed by atoms with Gasteiger partial charge in [-0.15, -0.1) is 0 Å². The van der Waals surface area contributed by atoms with Crippen LogP contribution < -0.4 is 5.73 Å². The summed E-state index contributed by atoms with van der Waals surface area (Å²) in [7, 11) is 4.18. The van der Waals surface area contributed by atoms with E-state index >= 15 is 0 Å². The Morgan fingerprint density at radius 3 is 2.35 bits per heavy atom. The van der Waals surface area contributed by atoms with Gasteiger partial charge in [0.2, 0.25) is 0 Å². The van der Waals surface area contributed by atoms with Crippen molar-refractivity contribution in [1.82, 2.24) is 4.90 Å². The zero-order chi connectivity index (χ0) is 28.2. The molecule has 8 heteroatoms. The monoisotopic (exact) mass is 526 g/mol. The molecule has 0 aliphatic carbocycles. The van der Waals surface area contributed by atoms with Gasteiger partial charge in [0.1, 0.15) is 0 Å². The second-order valence-electron chi connectivity index (χ2n) is 12.5. The Balaban J connectivity index is 2.54. The van der Waals surface area contributed by atoms with E-state index in [1.807, 2.05) is 13.8 Å². The van der Waals surface area contributed by atoms with Crippen molar-refractivity contribution in [3.05, 3.63) is 12.2 Å². The third-order valence-electron chi connectivity index (χ3n) is 8.94. The van der Waals surface area contributed by atoms with Crippen LogP contribution in [0.25, 0.3) is 0 Å². The predicted octanol–water partition coefficient (Wildman–Crippen LogP) is 4.17. The molecule has 2 rings (SSSR count). The maximum absolute atomic E-state index is 12.1. The molecule has 0 bridgehead atoms. The topological polar surface area (TPSA) is 103 Å². The number of ether oxygens (including phenoxy) is 4. The Morgan fingerprint density at radius 1 is 1.19 bits per heavy atom. The molecule has 37 heavy (non-hydrogen) atoms. The Bertz CT molecular complexity index is 761. The van der Waals surface area contributed by atoms with Crippen LogP contribution in [0.1, 0.15) is 68.2 Å². The first-order chi connectivity index (χ1) is 17.1. The SMILES string of the molecule is C=C1CO[C@H]([C@@H](C)C(=O)O)[C@H](C)[C@@H](O[C@@H]2O[C@H](C)C[C@H](N(C)C)[C@H]2C)[C@](C)(C[C@@H](C)[C@H](C)[C@@H](C)N)OC1. The lowest BCUT2D eigenvalue weighted by molar-refractivity contribution is -0.289. The number of hydrogen-bond donors (Lipinski definition) is 2. The number of carboxylic acids is 1. The maximum Gasteiger partial charge on any atom is 0.308 e. The lowest BCUT2D eigenvalue weighted by Crippen LogP contribution is -2.57. The summed E-state index contributed by atoms with van der Waals surface area (Å²) < 4.78 is 26.2. The third-order valence-corrected chi connectivity index (χ3v) is 8.94. The minimum Gasteiger partial charge on any atom is -0.481 e. The highest BCUT2D eigenvalue weighted by Crippen LogP contribution is 2.41. The summed E-state index contributed by atoms with van der Waals surface area (Å²) in [6.45, 7) is 21.1. The summed E-state index contributed by atoms with van der Waals surface area (Å²) >= 11 is 0. The van der Waals surface area contributed by atoms with Crippen LogP contribution in [-0.4, -0.2) is 85.6 Å². The van der Waals surface area contributed by atoms with Crippen LogP contribution in [-0.2, 0) is 23.7 Å². The van der Waals surface area contributed by atoms with E-state index in [0.29, 0.717) is 19.1 Å². The molecule has 216 valence electrons. The average Bonchev–Trinajstić information content (AvgIpc) is 2.84. The molecular weight excluding hydrogens is 472 g/mol. The van der Waals surface area contributed by atoms with Crippen LogP contribution >= 0.6 is 0 Å². The summed E-state index contributed by atoms with van der Waals surface area (Å²) in [6.07, 6.45) is 0.134. The molecule has 0 aromatic carbocycles. The van der Waals surface area contributed by atoms with Crippen molar-refractivity contribution in [2.24, 2.45) is 35.3 Å². The van der Waals surface area contributed by atoms with E-state index in [9.17, 15) is 9.90 Å². The lowest BCUT2D eigenvalue weighted by Gasteiger charge is -2.49. The zero-order valence-corrected chi connectivity index (χ0v) is 24.9. The molecule has 2 heterocycles. The fourth-order valence-corrected chi connectivity index (χ4v) is 6.14. The molecule has 0 saturated carbocycles. The van der Waals surface area contributed by atoms with Crippen molar-refractivity contribution >= 4 is 5.97 Å². The highest BCUT2D eigenvalue weighted by molar-refractivity contribution is 5.70. The van der Waals surface area contributed by atoms with Crippen LogP contribution in [0.5, 0.6) is 0 Å².